The molecule has 0 spiro atoms. The lowest BCUT2D eigenvalue weighted by molar-refractivity contribution is 0.0854. The maximum Gasteiger partial charge on any atom is 0.263 e. The molecule has 0 radical (unpaired) electrons. The van der Waals surface area contributed by atoms with E-state index in [0.717, 1.165) is 37.4 Å². The van der Waals surface area contributed by atoms with Crippen LogP contribution in [0.15, 0.2) is 58.9 Å². The van der Waals surface area contributed by atoms with Gasteiger partial charge in [-0.3, -0.25) is 4.72 Å². The highest BCUT2D eigenvalue weighted by molar-refractivity contribution is 7.93. The second-order valence-corrected chi connectivity index (χ2v) is 10.1. The second-order valence-electron chi connectivity index (χ2n) is 7.52. The molecule has 31 heavy (non-hydrogen) atoms. The second kappa shape index (κ2) is 8.49. The quantitative estimate of drug-likeness (QED) is 0.613. The van der Waals surface area contributed by atoms with E-state index in [2.05, 4.69) is 32.8 Å². The molecule has 3 aromatic rings. The number of fused-ring (bicyclic) bond motifs is 1. The smallest absolute Gasteiger partial charge is 0.263 e. The van der Waals surface area contributed by atoms with Crippen molar-refractivity contribution >= 4 is 37.9 Å². The molecule has 1 N–H and O–H groups in total. The largest absolute Gasteiger partial charge is 0.489 e. The van der Waals surface area contributed by atoms with E-state index in [1.165, 1.54) is 16.9 Å². The molecule has 0 aliphatic carbocycles. The number of benzene rings is 2. The molecule has 2 aromatic carbocycles. The molecule has 9 heteroatoms. The maximum absolute atomic E-state index is 12.8. The van der Waals surface area contributed by atoms with Crippen LogP contribution in [0.5, 0.6) is 5.75 Å². The van der Waals surface area contributed by atoms with Crippen LogP contribution < -0.4 is 14.4 Å². The van der Waals surface area contributed by atoms with Crippen LogP contribution in [-0.4, -0.2) is 39.8 Å². The lowest BCUT2D eigenvalue weighted by Gasteiger charge is -2.35. The van der Waals surface area contributed by atoms with Crippen molar-refractivity contribution in [2.24, 2.45) is 0 Å². The van der Waals surface area contributed by atoms with Crippen LogP contribution in [-0.2, 0) is 14.8 Å². The minimum Gasteiger partial charge on any atom is -0.489 e. The van der Waals surface area contributed by atoms with Crippen LogP contribution in [0.2, 0.25) is 0 Å². The fraction of sp³-hybridized carbons (Fsp3) is 0.318. The Morgan fingerprint density at radius 1 is 1.06 bits per heavy atom. The van der Waals surface area contributed by atoms with Gasteiger partial charge >= 0.3 is 0 Å². The summed E-state index contributed by atoms with van der Waals surface area (Å²) in [5, 5.41) is 2.06. The molecule has 5 rings (SSSR count). The molecule has 0 bridgehead atoms. The van der Waals surface area contributed by atoms with E-state index in [1.807, 2.05) is 12.1 Å². The summed E-state index contributed by atoms with van der Waals surface area (Å²) in [7, 11) is -3.74. The Balaban J connectivity index is 1.48. The van der Waals surface area contributed by atoms with Gasteiger partial charge in [-0.2, -0.15) is 0 Å². The molecular formula is C22H23N3O4S2. The van der Waals surface area contributed by atoms with Crippen LogP contribution >= 0.6 is 11.3 Å². The zero-order valence-electron chi connectivity index (χ0n) is 16.9. The summed E-state index contributed by atoms with van der Waals surface area (Å²) in [4.78, 5) is 6.38. The van der Waals surface area contributed by atoms with E-state index in [1.54, 1.807) is 23.7 Å². The first kappa shape index (κ1) is 20.3. The Morgan fingerprint density at radius 2 is 1.90 bits per heavy atom. The van der Waals surface area contributed by atoms with Crippen LogP contribution in [0, 0.1) is 0 Å². The number of para-hydroxylation sites is 1. The minimum absolute atomic E-state index is 0.154. The van der Waals surface area contributed by atoms with Crippen molar-refractivity contribution in [1.82, 2.24) is 4.98 Å². The Labute approximate surface area is 185 Å². The molecule has 1 aromatic heterocycles. The summed E-state index contributed by atoms with van der Waals surface area (Å²) >= 11 is 1.24. The number of anilines is 3. The van der Waals surface area contributed by atoms with Gasteiger partial charge < -0.3 is 14.4 Å². The van der Waals surface area contributed by atoms with Gasteiger partial charge in [0.05, 0.1) is 17.1 Å². The van der Waals surface area contributed by atoms with Crippen molar-refractivity contribution in [1.29, 1.82) is 0 Å². The van der Waals surface area contributed by atoms with Crippen LogP contribution in [0.1, 0.15) is 24.3 Å². The number of nitrogens with zero attached hydrogens (tertiary/aromatic N) is 2. The molecule has 0 amide bonds. The monoisotopic (exact) mass is 457 g/mol. The van der Waals surface area contributed by atoms with Gasteiger partial charge in [0.2, 0.25) is 0 Å². The van der Waals surface area contributed by atoms with Gasteiger partial charge in [0.25, 0.3) is 10.0 Å². The van der Waals surface area contributed by atoms with E-state index in [4.69, 9.17) is 9.47 Å². The highest BCUT2D eigenvalue weighted by atomic mass is 32.2. The number of hydrogen-bond acceptors (Lipinski definition) is 7. The third-order valence-electron chi connectivity index (χ3n) is 5.65. The summed E-state index contributed by atoms with van der Waals surface area (Å²) in [5.41, 5.74) is 3.33. The SMILES string of the molecule is O=S(=O)(Nc1nccs1)c1ccc2c(c1)OCCN2c1ccccc1C1CCOCC1. The van der Waals surface area contributed by atoms with Crippen molar-refractivity contribution in [2.45, 2.75) is 23.7 Å². The molecule has 0 atom stereocenters. The first-order valence-corrected chi connectivity index (χ1v) is 12.6. The predicted molar refractivity (Wildman–Crippen MR) is 121 cm³/mol. The lowest BCUT2D eigenvalue weighted by Crippen LogP contribution is -2.30. The van der Waals surface area contributed by atoms with Gasteiger partial charge in [0.15, 0.2) is 5.13 Å². The Kier molecular flexibility index (Phi) is 5.56. The summed E-state index contributed by atoms with van der Waals surface area (Å²) in [6.07, 6.45) is 3.58. The van der Waals surface area contributed by atoms with Crippen molar-refractivity contribution in [3.8, 4) is 5.75 Å². The van der Waals surface area contributed by atoms with Gasteiger partial charge in [0.1, 0.15) is 12.4 Å². The number of hydrogen-bond donors (Lipinski definition) is 1. The first-order chi connectivity index (χ1) is 15.1. The van der Waals surface area contributed by atoms with E-state index >= 15 is 0 Å². The van der Waals surface area contributed by atoms with E-state index in [-0.39, 0.29) is 4.90 Å². The number of sulfonamides is 1. The highest BCUT2D eigenvalue weighted by Crippen LogP contribution is 2.42. The Morgan fingerprint density at radius 3 is 2.71 bits per heavy atom. The number of rotatable bonds is 5. The van der Waals surface area contributed by atoms with Crippen molar-refractivity contribution in [3.63, 3.8) is 0 Å². The van der Waals surface area contributed by atoms with Gasteiger partial charge in [-0.1, -0.05) is 18.2 Å². The summed E-state index contributed by atoms with van der Waals surface area (Å²) in [6, 6.07) is 13.5. The van der Waals surface area contributed by atoms with Gasteiger partial charge in [-0.25, -0.2) is 13.4 Å². The summed E-state index contributed by atoms with van der Waals surface area (Å²) in [5.74, 6) is 1.02. The number of nitrogens with one attached hydrogen (secondary N) is 1. The van der Waals surface area contributed by atoms with E-state index in [9.17, 15) is 8.42 Å². The molecule has 2 aliphatic rings. The molecule has 7 nitrogen and oxygen atoms in total. The van der Waals surface area contributed by atoms with Crippen LogP contribution in [0.25, 0.3) is 0 Å². The molecule has 1 fully saturated rings. The normalized spacial score (nSPS) is 17.1. The maximum atomic E-state index is 12.8. The van der Waals surface area contributed by atoms with Crippen molar-refractivity contribution in [2.75, 3.05) is 36.0 Å². The molecule has 0 saturated carbocycles. The number of ether oxygens (including phenoxy) is 2. The predicted octanol–water partition coefficient (Wildman–Crippen LogP) is 4.37. The minimum atomic E-state index is -3.74. The Hall–Kier alpha value is -2.62. The topological polar surface area (TPSA) is 80.8 Å². The van der Waals surface area contributed by atoms with E-state index in [0.29, 0.717) is 30.0 Å². The standard InChI is InChI=1S/C22H23N3O4S2/c26-31(27,24-22-23-9-14-30-22)17-5-6-20-21(15-17)29-13-10-25(20)19-4-2-1-3-18(19)16-7-11-28-12-8-16/h1-6,9,14-16H,7-8,10-13H2,(H,23,24). The Bertz CT molecular complexity index is 1160. The van der Waals surface area contributed by atoms with Gasteiger partial charge in [-0.05, 0) is 42.5 Å². The van der Waals surface area contributed by atoms with Crippen molar-refractivity contribution < 1.29 is 17.9 Å². The molecule has 3 heterocycles. The molecule has 0 unspecified atom stereocenters. The fourth-order valence-electron chi connectivity index (χ4n) is 4.15. The van der Waals surface area contributed by atoms with Crippen LogP contribution in [0.3, 0.4) is 0 Å². The lowest BCUT2D eigenvalue weighted by atomic mass is 9.90. The number of aromatic nitrogens is 1. The average molecular weight is 458 g/mol. The molecule has 162 valence electrons. The molecule has 2 aliphatic heterocycles. The van der Waals surface area contributed by atoms with E-state index < -0.39 is 10.0 Å². The van der Waals surface area contributed by atoms with Crippen LogP contribution in [0.4, 0.5) is 16.5 Å². The summed E-state index contributed by atoms with van der Waals surface area (Å²) < 4.78 is 39.5. The van der Waals surface area contributed by atoms with Gasteiger partial charge in [-0.15, -0.1) is 11.3 Å². The zero-order valence-corrected chi connectivity index (χ0v) is 18.5. The van der Waals surface area contributed by atoms with Crippen molar-refractivity contribution in [3.05, 3.63) is 59.6 Å². The highest BCUT2D eigenvalue weighted by Gasteiger charge is 2.27. The molecular weight excluding hydrogens is 434 g/mol. The number of thiazole rings is 1. The first-order valence-electron chi connectivity index (χ1n) is 10.3. The fourth-order valence-corrected chi connectivity index (χ4v) is 5.96. The zero-order chi connectivity index (χ0) is 21.3. The third kappa shape index (κ3) is 4.13. The summed E-state index contributed by atoms with van der Waals surface area (Å²) in [6.45, 7) is 2.76. The molecule has 1 saturated heterocycles. The van der Waals surface area contributed by atoms with Gasteiger partial charge in [0, 0.05) is 36.5 Å². The average Bonchev–Trinajstić information content (AvgIpc) is 3.31. The third-order valence-corrected chi connectivity index (χ3v) is 7.80.